The number of nitrogens with one attached hydrogen (secondary N) is 1. The second-order valence-electron chi connectivity index (χ2n) is 4.65. The molecule has 1 aliphatic rings. The van der Waals surface area contributed by atoms with Crippen LogP contribution >= 0.6 is 0 Å². The van der Waals surface area contributed by atoms with Crippen molar-refractivity contribution in [3.63, 3.8) is 0 Å². The molecule has 94 valence electrons. The molecule has 6 nitrogen and oxygen atoms in total. The van der Waals surface area contributed by atoms with Gasteiger partial charge in [-0.05, 0) is 12.3 Å². The SMILES string of the molecule is CCC1OC(n2cnc(C(=N)N)n2)C(C)C1C. The van der Waals surface area contributed by atoms with Gasteiger partial charge in [0.25, 0.3) is 0 Å². The quantitative estimate of drug-likeness (QED) is 0.609. The van der Waals surface area contributed by atoms with Crippen molar-refractivity contribution >= 4 is 5.84 Å². The average molecular weight is 237 g/mol. The van der Waals surface area contributed by atoms with E-state index in [4.69, 9.17) is 15.9 Å². The van der Waals surface area contributed by atoms with Crippen molar-refractivity contribution in [1.29, 1.82) is 5.41 Å². The topological polar surface area (TPSA) is 89.8 Å². The Labute approximate surface area is 101 Å². The van der Waals surface area contributed by atoms with Gasteiger partial charge in [0.05, 0.1) is 6.10 Å². The molecule has 2 rings (SSSR count). The fourth-order valence-electron chi connectivity index (χ4n) is 2.32. The van der Waals surface area contributed by atoms with Crippen LogP contribution in [0.4, 0.5) is 0 Å². The van der Waals surface area contributed by atoms with Crippen LogP contribution in [0.15, 0.2) is 6.33 Å². The molecule has 1 fully saturated rings. The van der Waals surface area contributed by atoms with Crippen LogP contribution in [-0.4, -0.2) is 26.7 Å². The second kappa shape index (κ2) is 4.44. The van der Waals surface area contributed by atoms with Crippen molar-refractivity contribution in [2.75, 3.05) is 0 Å². The Hall–Kier alpha value is -1.43. The maximum Gasteiger partial charge on any atom is 0.215 e. The van der Waals surface area contributed by atoms with Gasteiger partial charge in [0.2, 0.25) is 5.82 Å². The van der Waals surface area contributed by atoms with Gasteiger partial charge in [0.15, 0.2) is 12.1 Å². The number of nitrogens with zero attached hydrogens (tertiary/aromatic N) is 3. The minimum absolute atomic E-state index is 0.101. The van der Waals surface area contributed by atoms with Crippen LogP contribution in [0.2, 0.25) is 0 Å². The van der Waals surface area contributed by atoms with Crippen LogP contribution in [0.25, 0.3) is 0 Å². The van der Waals surface area contributed by atoms with E-state index in [0.717, 1.165) is 6.42 Å². The predicted molar refractivity (Wildman–Crippen MR) is 63.6 cm³/mol. The third kappa shape index (κ3) is 2.04. The Kier molecular flexibility index (Phi) is 3.15. The molecule has 0 bridgehead atoms. The van der Waals surface area contributed by atoms with Crippen LogP contribution in [0.3, 0.4) is 0 Å². The molecule has 1 saturated heterocycles. The number of hydrogen-bond donors (Lipinski definition) is 2. The van der Waals surface area contributed by atoms with E-state index >= 15 is 0 Å². The van der Waals surface area contributed by atoms with Crippen molar-refractivity contribution in [3.8, 4) is 0 Å². The number of rotatable bonds is 3. The van der Waals surface area contributed by atoms with Crippen LogP contribution in [-0.2, 0) is 4.74 Å². The van der Waals surface area contributed by atoms with E-state index in [9.17, 15) is 0 Å². The Morgan fingerprint density at radius 1 is 1.53 bits per heavy atom. The monoisotopic (exact) mass is 237 g/mol. The highest BCUT2D eigenvalue weighted by molar-refractivity contribution is 5.90. The molecule has 17 heavy (non-hydrogen) atoms. The number of ether oxygens (including phenoxy) is 1. The minimum Gasteiger partial charge on any atom is -0.381 e. The first-order valence-corrected chi connectivity index (χ1v) is 5.95. The molecular formula is C11H19N5O. The summed E-state index contributed by atoms with van der Waals surface area (Å²) in [6, 6.07) is 0. The Bertz CT molecular complexity index is 416. The summed E-state index contributed by atoms with van der Waals surface area (Å²) in [5.74, 6) is 1.01. The van der Waals surface area contributed by atoms with E-state index in [2.05, 4.69) is 30.9 Å². The summed E-state index contributed by atoms with van der Waals surface area (Å²) in [6.07, 6.45) is 2.74. The Morgan fingerprint density at radius 2 is 2.24 bits per heavy atom. The molecule has 1 aliphatic heterocycles. The van der Waals surface area contributed by atoms with Crippen LogP contribution in [0.1, 0.15) is 39.2 Å². The first-order chi connectivity index (χ1) is 8.04. The smallest absolute Gasteiger partial charge is 0.215 e. The van der Waals surface area contributed by atoms with Gasteiger partial charge >= 0.3 is 0 Å². The van der Waals surface area contributed by atoms with Gasteiger partial charge in [0.1, 0.15) is 6.33 Å². The van der Waals surface area contributed by atoms with Crippen LogP contribution in [0, 0.1) is 17.2 Å². The fraction of sp³-hybridized carbons (Fsp3) is 0.727. The van der Waals surface area contributed by atoms with Crippen LogP contribution in [0.5, 0.6) is 0 Å². The lowest BCUT2D eigenvalue weighted by Crippen LogP contribution is -2.18. The van der Waals surface area contributed by atoms with Gasteiger partial charge in [0, 0.05) is 5.92 Å². The summed E-state index contributed by atoms with van der Waals surface area (Å²) < 4.78 is 7.64. The third-order valence-electron chi connectivity index (χ3n) is 3.59. The molecule has 2 heterocycles. The Balaban J connectivity index is 2.19. The molecule has 1 aromatic rings. The van der Waals surface area contributed by atoms with Crippen molar-refractivity contribution < 1.29 is 4.74 Å². The normalized spacial score (nSPS) is 32.9. The average Bonchev–Trinajstić information content (AvgIpc) is 2.87. The lowest BCUT2D eigenvalue weighted by atomic mass is 9.92. The molecule has 0 radical (unpaired) electrons. The van der Waals surface area contributed by atoms with Crippen molar-refractivity contribution in [1.82, 2.24) is 14.8 Å². The summed E-state index contributed by atoms with van der Waals surface area (Å²) in [4.78, 5) is 3.99. The summed E-state index contributed by atoms with van der Waals surface area (Å²) in [6.45, 7) is 6.47. The van der Waals surface area contributed by atoms with Gasteiger partial charge in [-0.25, -0.2) is 9.67 Å². The van der Waals surface area contributed by atoms with E-state index in [0.29, 0.717) is 11.8 Å². The lowest BCUT2D eigenvalue weighted by molar-refractivity contribution is -0.0215. The standard InChI is InChI=1S/C11H19N5O/c1-4-8-6(2)7(3)11(17-8)16-5-14-10(15-16)9(12)13/h5-8,11H,4H2,1-3H3,(H3,12,13). The highest BCUT2D eigenvalue weighted by Crippen LogP contribution is 2.39. The van der Waals surface area contributed by atoms with Gasteiger partial charge in [-0.2, -0.15) is 0 Å². The van der Waals surface area contributed by atoms with Gasteiger partial charge in [-0.3, -0.25) is 5.41 Å². The minimum atomic E-state index is -0.116. The van der Waals surface area contributed by atoms with Gasteiger partial charge in [-0.15, -0.1) is 5.10 Å². The molecule has 0 spiro atoms. The van der Waals surface area contributed by atoms with Crippen molar-refractivity contribution in [2.24, 2.45) is 17.6 Å². The number of nitrogens with two attached hydrogens (primary N) is 1. The first kappa shape index (κ1) is 12.0. The van der Waals surface area contributed by atoms with Crippen molar-refractivity contribution in [3.05, 3.63) is 12.2 Å². The van der Waals surface area contributed by atoms with Crippen molar-refractivity contribution in [2.45, 2.75) is 39.5 Å². The zero-order valence-electron chi connectivity index (χ0n) is 10.4. The molecular weight excluding hydrogens is 218 g/mol. The zero-order valence-corrected chi connectivity index (χ0v) is 10.4. The number of amidine groups is 1. The lowest BCUT2D eigenvalue weighted by Gasteiger charge is -2.15. The second-order valence-corrected chi connectivity index (χ2v) is 4.65. The number of aromatic nitrogens is 3. The maximum absolute atomic E-state index is 7.28. The Morgan fingerprint density at radius 3 is 2.71 bits per heavy atom. The molecule has 3 N–H and O–H groups in total. The highest BCUT2D eigenvalue weighted by Gasteiger charge is 2.39. The van der Waals surface area contributed by atoms with E-state index in [1.165, 1.54) is 0 Å². The summed E-state index contributed by atoms with van der Waals surface area (Å²) in [5.41, 5.74) is 5.35. The fourth-order valence-corrected chi connectivity index (χ4v) is 2.32. The van der Waals surface area contributed by atoms with E-state index < -0.39 is 0 Å². The molecule has 0 aromatic carbocycles. The molecule has 0 aliphatic carbocycles. The largest absolute Gasteiger partial charge is 0.381 e. The predicted octanol–water partition coefficient (Wildman–Crippen LogP) is 1.14. The van der Waals surface area contributed by atoms with Gasteiger partial charge in [-0.1, -0.05) is 20.8 Å². The molecule has 6 heteroatoms. The molecule has 1 aromatic heterocycles. The zero-order chi connectivity index (χ0) is 12.6. The maximum atomic E-state index is 7.28. The highest BCUT2D eigenvalue weighted by atomic mass is 16.5. The number of hydrogen-bond acceptors (Lipinski definition) is 4. The van der Waals surface area contributed by atoms with E-state index in [-0.39, 0.29) is 24.0 Å². The van der Waals surface area contributed by atoms with Crippen LogP contribution < -0.4 is 5.73 Å². The molecule has 0 amide bonds. The molecule has 0 saturated carbocycles. The summed E-state index contributed by atoms with van der Waals surface area (Å²) in [5, 5.41) is 11.5. The number of nitrogen functional groups attached to an aromatic ring is 1. The first-order valence-electron chi connectivity index (χ1n) is 5.95. The molecule has 4 atom stereocenters. The summed E-state index contributed by atoms with van der Waals surface area (Å²) >= 11 is 0. The van der Waals surface area contributed by atoms with Gasteiger partial charge < -0.3 is 10.5 Å². The summed E-state index contributed by atoms with van der Waals surface area (Å²) in [7, 11) is 0. The van der Waals surface area contributed by atoms with E-state index in [1.807, 2.05) is 0 Å². The third-order valence-corrected chi connectivity index (χ3v) is 3.59. The van der Waals surface area contributed by atoms with E-state index in [1.54, 1.807) is 11.0 Å². The molecule has 4 unspecified atom stereocenters.